The van der Waals surface area contributed by atoms with E-state index in [0.29, 0.717) is 21.9 Å². The van der Waals surface area contributed by atoms with Crippen LogP contribution in [0.3, 0.4) is 0 Å². The van der Waals surface area contributed by atoms with Gasteiger partial charge in [0.25, 0.3) is 0 Å². The molecule has 2 unspecified atom stereocenters. The average molecular weight is 543 g/mol. The number of aliphatic hydroxyl groups excluding tert-OH is 1. The van der Waals surface area contributed by atoms with E-state index >= 15 is 0 Å². The van der Waals surface area contributed by atoms with Crippen LogP contribution in [0.5, 0.6) is 0 Å². The summed E-state index contributed by atoms with van der Waals surface area (Å²) in [6.07, 6.45) is 14.2. The van der Waals surface area contributed by atoms with Gasteiger partial charge in [-0.25, -0.2) is 0 Å². The van der Waals surface area contributed by atoms with Gasteiger partial charge in [0, 0.05) is 36.9 Å². The van der Waals surface area contributed by atoms with Gasteiger partial charge in [-0.2, -0.15) is 0 Å². The standard InChI is InChI=1S/C30H37Cl2N3O2/c31-26-6-5-21(15-27(26)32)23-16-24(23)30(37)35-13-9-20(10-14-35)29(18-36)34-11-7-19(8-12-34)25-17-33-28-4-2-1-3-22(25)28/h2,4-6,15,17,19-20,23-24,29,33,36H,1,3,7-14,16,18H2/t23?,24-,29?/m0/s1. The van der Waals surface area contributed by atoms with E-state index in [1.54, 1.807) is 0 Å². The Morgan fingerprint density at radius 3 is 2.59 bits per heavy atom. The fourth-order valence-corrected chi connectivity index (χ4v) is 7.44. The van der Waals surface area contributed by atoms with Crippen molar-refractivity contribution in [2.45, 2.75) is 62.8 Å². The predicted octanol–water partition coefficient (Wildman–Crippen LogP) is 5.86. The zero-order valence-electron chi connectivity index (χ0n) is 21.3. The fourth-order valence-electron chi connectivity index (χ4n) is 7.13. The number of rotatable bonds is 6. The molecular formula is C30H37Cl2N3O2. The minimum absolute atomic E-state index is 0.0659. The highest BCUT2D eigenvalue weighted by Crippen LogP contribution is 2.49. The molecule has 7 heteroatoms. The van der Waals surface area contributed by atoms with Gasteiger partial charge in [0.1, 0.15) is 0 Å². The molecule has 2 saturated heterocycles. The molecule has 3 atom stereocenters. The van der Waals surface area contributed by atoms with Crippen molar-refractivity contribution in [2.75, 3.05) is 32.8 Å². The Morgan fingerprint density at radius 1 is 1.08 bits per heavy atom. The Morgan fingerprint density at radius 2 is 1.86 bits per heavy atom. The number of fused-ring (bicyclic) bond motifs is 1. The van der Waals surface area contributed by atoms with Crippen molar-refractivity contribution in [3.05, 3.63) is 62.9 Å². The van der Waals surface area contributed by atoms with Crippen LogP contribution in [0.4, 0.5) is 0 Å². The second-order valence-corrected chi connectivity index (χ2v) is 12.2. The lowest BCUT2D eigenvalue weighted by Gasteiger charge is -2.43. The first-order valence-electron chi connectivity index (χ1n) is 14.0. The Hall–Kier alpha value is -1.79. The van der Waals surface area contributed by atoms with Crippen LogP contribution >= 0.6 is 23.2 Å². The SMILES string of the molecule is O=C([C@H]1CC1c1ccc(Cl)c(Cl)c1)N1CCC(C(CO)N2CCC(c3c[nH]c4c3CCC=C4)CC2)CC1. The van der Waals surface area contributed by atoms with Gasteiger partial charge in [0.15, 0.2) is 0 Å². The number of hydrogen-bond acceptors (Lipinski definition) is 3. The number of halogens is 2. The van der Waals surface area contributed by atoms with Crippen molar-refractivity contribution in [3.63, 3.8) is 0 Å². The van der Waals surface area contributed by atoms with Gasteiger partial charge in [0.2, 0.25) is 5.91 Å². The number of H-pyrrole nitrogens is 1. The van der Waals surface area contributed by atoms with E-state index in [1.807, 2.05) is 18.2 Å². The van der Waals surface area contributed by atoms with Crippen molar-refractivity contribution < 1.29 is 9.90 Å². The first-order valence-corrected chi connectivity index (χ1v) is 14.7. The molecule has 198 valence electrons. The number of aliphatic hydroxyl groups is 1. The van der Waals surface area contributed by atoms with Crippen LogP contribution in [0.2, 0.25) is 10.0 Å². The van der Waals surface area contributed by atoms with E-state index in [9.17, 15) is 9.90 Å². The first-order chi connectivity index (χ1) is 18.0. The molecule has 6 rings (SSSR count). The minimum Gasteiger partial charge on any atom is -0.395 e. The van der Waals surface area contributed by atoms with Crippen LogP contribution in [0.25, 0.3) is 6.08 Å². The largest absolute Gasteiger partial charge is 0.395 e. The van der Waals surface area contributed by atoms with Gasteiger partial charge >= 0.3 is 0 Å². The molecule has 0 bridgehead atoms. The first kappa shape index (κ1) is 25.5. The quantitative estimate of drug-likeness (QED) is 0.481. The monoisotopic (exact) mass is 541 g/mol. The number of nitrogens with one attached hydrogen (secondary N) is 1. The summed E-state index contributed by atoms with van der Waals surface area (Å²) < 4.78 is 0. The smallest absolute Gasteiger partial charge is 0.226 e. The number of nitrogens with zero attached hydrogens (tertiary/aromatic N) is 2. The summed E-state index contributed by atoms with van der Waals surface area (Å²) in [5, 5.41) is 11.5. The molecule has 0 radical (unpaired) electrons. The number of allylic oxidation sites excluding steroid dienone is 1. The van der Waals surface area contributed by atoms with Gasteiger partial charge in [0.05, 0.1) is 16.7 Å². The maximum absolute atomic E-state index is 13.2. The number of amides is 1. The summed E-state index contributed by atoms with van der Waals surface area (Å²) in [6, 6.07) is 5.93. The highest BCUT2D eigenvalue weighted by molar-refractivity contribution is 6.42. The molecule has 2 aliphatic carbocycles. The van der Waals surface area contributed by atoms with E-state index in [0.717, 1.165) is 76.7 Å². The van der Waals surface area contributed by atoms with Crippen molar-refractivity contribution in [1.29, 1.82) is 0 Å². The van der Waals surface area contributed by atoms with Crippen LogP contribution in [0.1, 0.15) is 72.7 Å². The Balaban J connectivity index is 1.00. The molecule has 0 spiro atoms. The summed E-state index contributed by atoms with van der Waals surface area (Å²) in [7, 11) is 0. The molecule has 4 aliphatic rings. The lowest BCUT2D eigenvalue weighted by molar-refractivity contribution is -0.134. The number of likely N-dealkylation sites (tertiary alicyclic amines) is 2. The highest BCUT2D eigenvalue weighted by atomic mass is 35.5. The van der Waals surface area contributed by atoms with E-state index < -0.39 is 0 Å². The average Bonchev–Trinajstić information content (AvgIpc) is 3.62. The van der Waals surface area contributed by atoms with Gasteiger partial charge in [-0.1, -0.05) is 35.3 Å². The van der Waals surface area contributed by atoms with Crippen molar-refractivity contribution in [1.82, 2.24) is 14.8 Å². The van der Waals surface area contributed by atoms with Crippen molar-refractivity contribution >= 4 is 35.2 Å². The van der Waals surface area contributed by atoms with Gasteiger partial charge in [-0.15, -0.1) is 0 Å². The van der Waals surface area contributed by atoms with Crippen LogP contribution in [0.15, 0.2) is 30.5 Å². The second kappa shape index (κ2) is 10.8. The van der Waals surface area contributed by atoms with Crippen LogP contribution in [-0.2, 0) is 11.2 Å². The predicted molar refractivity (Wildman–Crippen MR) is 149 cm³/mol. The maximum Gasteiger partial charge on any atom is 0.226 e. The molecule has 1 aromatic heterocycles. The molecular weight excluding hydrogens is 505 g/mol. The molecule has 1 amide bonds. The molecule has 2 N–H and O–H groups in total. The summed E-state index contributed by atoms with van der Waals surface area (Å²) in [5.41, 5.74) is 5.45. The highest BCUT2D eigenvalue weighted by Gasteiger charge is 2.46. The number of hydrogen-bond donors (Lipinski definition) is 2. The molecule has 37 heavy (non-hydrogen) atoms. The Labute approximate surface area is 229 Å². The molecule has 5 nitrogen and oxygen atoms in total. The number of carbonyl (C=O) groups excluding carboxylic acids is 1. The van der Waals surface area contributed by atoms with Crippen LogP contribution in [-0.4, -0.2) is 64.6 Å². The minimum atomic E-state index is 0.0659. The van der Waals surface area contributed by atoms with Gasteiger partial charge in [-0.05, 0) is 111 Å². The third kappa shape index (κ3) is 5.13. The van der Waals surface area contributed by atoms with Gasteiger partial charge in [-0.3, -0.25) is 9.69 Å². The van der Waals surface area contributed by atoms with E-state index in [-0.39, 0.29) is 30.4 Å². The summed E-state index contributed by atoms with van der Waals surface area (Å²) in [4.78, 5) is 21.3. The topological polar surface area (TPSA) is 59.6 Å². The number of piperidine rings is 2. The lowest BCUT2D eigenvalue weighted by atomic mass is 9.83. The second-order valence-electron chi connectivity index (χ2n) is 11.4. The Kier molecular flexibility index (Phi) is 7.41. The fraction of sp³-hybridized carbons (Fsp3) is 0.567. The van der Waals surface area contributed by atoms with Crippen molar-refractivity contribution in [3.8, 4) is 0 Å². The zero-order chi connectivity index (χ0) is 25.5. The van der Waals surface area contributed by atoms with Gasteiger partial charge < -0.3 is 15.0 Å². The third-order valence-electron chi connectivity index (χ3n) is 9.40. The Bertz CT molecular complexity index is 1160. The molecule has 1 saturated carbocycles. The summed E-state index contributed by atoms with van der Waals surface area (Å²) in [6.45, 7) is 3.88. The molecule has 3 heterocycles. The van der Waals surface area contributed by atoms with Crippen LogP contribution in [0, 0.1) is 11.8 Å². The summed E-state index contributed by atoms with van der Waals surface area (Å²) >= 11 is 12.2. The maximum atomic E-state index is 13.2. The van der Waals surface area contributed by atoms with E-state index in [2.05, 4.69) is 33.1 Å². The van der Waals surface area contributed by atoms with E-state index in [4.69, 9.17) is 23.2 Å². The number of benzene rings is 1. The molecule has 3 fully saturated rings. The molecule has 1 aromatic carbocycles. The zero-order valence-corrected chi connectivity index (χ0v) is 22.9. The third-order valence-corrected chi connectivity index (χ3v) is 10.1. The normalized spacial score (nSPS) is 25.8. The lowest BCUT2D eigenvalue weighted by Crippen LogP contribution is -2.50. The molecule has 2 aromatic rings. The summed E-state index contributed by atoms with van der Waals surface area (Å²) in [5.74, 6) is 1.66. The van der Waals surface area contributed by atoms with E-state index in [1.165, 1.54) is 16.8 Å². The number of aromatic nitrogens is 1. The van der Waals surface area contributed by atoms with Crippen molar-refractivity contribution in [2.24, 2.45) is 11.8 Å². The number of aromatic amines is 1. The molecule has 2 aliphatic heterocycles. The van der Waals surface area contributed by atoms with Crippen LogP contribution < -0.4 is 0 Å². The number of carbonyl (C=O) groups is 1.